The molecule has 0 amide bonds. The summed E-state index contributed by atoms with van der Waals surface area (Å²) in [5, 5.41) is 0. The summed E-state index contributed by atoms with van der Waals surface area (Å²) in [6, 6.07) is 0. The molecule has 118 valence electrons. The molecule has 0 radical (unpaired) electrons. The average molecular weight is 280 g/mol. The lowest BCUT2D eigenvalue weighted by atomic mass is 9.97. The lowest BCUT2D eigenvalue weighted by molar-refractivity contribution is -0.122. The fourth-order valence-corrected chi connectivity index (χ4v) is 3.42. The van der Waals surface area contributed by atoms with Gasteiger partial charge in [0.2, 0.25) is 0 Å². The van der Waals surface area contributed by atoms with Gasteiger partial charge in [0.05, 0.1) is 0 Å². The lowest BCUT2D eigenvalue weighted by Crippen LogP contribution is -2.09. The molecule has 0 unspecified atom stereocenters. The van der Waals surface area contributed by atoms with Gasteiger partial charge in [0.1, 0.15) is 5.78 Å². The van der Waals surface area contributed by atoms with Gasteiger partial charge < -0.3 is 0 Å². The highest BCUT2D eigenvalue weighted by molar-refractivity contribution is 5.81. The van der Waals surface area contributed by atoms with Gasteiger partial charge in [0.15, 0.2) is 0 Å². The third-order valence-electron chi connectivity index (χ3n) is 4.84. The number of ketones is 1. The summed E-state index contributed by atoms with van der Waals surface area (Å²) in [5.74, 6) is 1.01. The van der Waals surface area contributed by atoms with E-state index < -0.39 is 0 Å². The standard InChI is InChI=1S/C19H36O/c1-2-3-4-5-6-7-8-9-10-11-12-17-19(20)18-15-13-14-16-18/h18H,2-17H2,1H3. The molecule has 1 aliphatic carbocycles. The van der Waals surface area contributed by atoms with Crippen molar-refractivity contribution in [2.24, 2.45) is 5.92 Å². The molecule has 20 heavy (non-hydrogen) atoms. The molecule has 1 heteroatoms. The van der Waals surface area contributed by atoms with Crippen LogP contribution in [0, 0.1) is 5.92 Å². The molecule has 1 rings (SSSR count). The van der Waals surface area contributed by atoms with E-state index in [9.17, 15) is 4.79 Å². The number of Topliss-reactive ketones (excluding diaryl/α,β-unsaturated/α-hetero) is 1. The smallest absolute Gasteiger partial charge is 0.135 e. The number of hydrogen-bond donors (Lipinski definition) is 0. The number of unbranched alkanes of at least 4 members (excludes halogenated alkanes) is 10. The Morgan fingerprint density at radius 2 is 1.20 bits per heavy atom. The molecule has 1 saturated carbocycles. The minimum atomic E-state index is 0.443. The Morgan fingerprint density at radius 3 is 1.70 bits per heavy atom. The van der Waals surface area contributed by atoms with E-state index in [2.05, 4.69) is 6.92 Å². The molecule has 0 N–H and O–H groups in total. The highest BCUT2D eigenvalue weighted by atomic mass is 16.1. The van der Waals surface area contributed by atoms with Gasteiger partial charge in [-0.05, 0) is 19.3 Å². The first kappa shape index (κ1) is 17.7. The van der Waals surface area contributed by atoms with Crippen LogP contribution in [-0.4, -0.2) is 5.78 Å². The van der Waals surface area contributed by atoms with Crippen LogP contribution < -0.4 is 0 Å². The quantitative estimate of drug-likeness (QED) is 0.354. The third-order valence-corrected chi connectivity index (χ3v) is 4.84. The van der Waals surface area contributed by atoms with E-state index in [-0.39, 0.29) is 0 Å². The Balaban J connectivity index is 1.77. The zero-order chi connectivity index (χ0) is 14.5. The normalized spacial score (nSPS) is 15.8. The van der Waals surface area contributed by atoms with Crippen molar-refractivity contribution in [2.45, 2.75) is 110 Å². The van der Waals surface area contributed by atoms with E-state index >= 15 is 0 Å². The molecule has 0 bridgehead atoms. The first-order chi connectivity index (χ1) is 9.84. The van der Waals surface area contributed by atoms with E-state index in [1.807, 2.05) is 0 Å². The SMILES string of the molecule is CCCCCCCCCCCCCC(=O)C1CCCC1. The van der Waals surface area contributed by atoms with Crippen LogP contribution in [0.3, 0.4) is 0 Å². The van der Waals surface area contributed by atoms with Crippen LogP contribution in [0.2, 0.25) is 0 Å². The number of carbonyl (C=O) groups is 1. The van der Waals surface area contributed by atoms with Gasteiger partial charge in [0, 0.05) is 12.3 Å². The van der Waals surface area contributed by atoms with Crippen molar-refractivity contribution in [3.05, 3.63) is 0 Å². The van der Waals surface area contributed by atoms with Crippen molar-refractivity contribution >= 4 is 5.78 Å². The van der Waals surface area contributed by atoms with Gasteiger partial charge in [0.25, 0.3) is 0 Å². The van der Waals surface area contributed by atoms with Crippen LogP contribution in [0.4, 0.5) is 0 Å². The van der Waals surface area contributed by atoms with Gasteiger partial charge in [-0.15, -0.1) is 0 Å². The van der Waals surface area contributed by atoms with Gasteiger partial charge in [-0.25, -0.2) is 0 Å². The van der Waals surface area contributed by atoms with Crippen LogP contribution in [0.15, 0.2) is 0 Å². The first-order valence-corrected chi connectivity index (χ1v) is 9.37. The summed E-state index contributed by atoms with van der Waals surface area (Å²) in [4.78, 5) is 11.9. The molecule has 0 aromatic heterocycles. The molecule has 0 atom stereocenters. The van der Waals surface area contributed by atoms with E-state index in [0.717, 1.165) is 12.8 Å². The second kappa shape index (κ2) is 12.4. The second-order valence-corrected chi connectivity index (χ2v) is 6.73. The number of carbonyl (C=O) groups excluding carboxylic acids is 1. The Bertz CT molecular complexity index is 228. The van der Waals surface area contributed by atoms with E-state index in [1.165, 1.54) is 89.9 Å². The average Bonchev–Trinajstić information content (AvgIpc) is 2.99. The summed E-state index contributed by atoms with van der Waals surface area (Å²) in [6.45, 7) is 2.28. The Kier molecular flexibility index (Phi) is 11.0. The zero-order valence-electron chi connectivity index (χ0n) is 13.8. The van der Waals surface area contributed by atoms with E-state index in [4.69, 9.17) is 0 Å². The van der Waals surface area contributed by atoms with Crippen LogP contribution in [0.5, 0.6) is 0 Å². The molecule has 1 nitrogen and oxygen atoms in total. The summed E-state index contributed by atoms with van der Waals surface area (Å²) in [6.07, 6.45) is 20.8. The van der Waals surface area contributed by atoms with Gasteiger partial charge in [-0.2, -0.15) is 0 Å². The van der Waals surface area contributed by atoms with E-state index in [0.29, 0.717) is 11.7 Å². The van der Waals surface area contributed by atoms with Crippen molar-refractivity contribution in [3.8, 4) is 0 Å². The Morgan fingerprint density at radius 1 is 0.750 bits per heavy atom. The Hall–Kier alpha value is -0.330. The first-order valence-electron chi connectivity index (χ1n) is 9.37. The maximum Gasteiger partial charge on any atom is 0.135 e. The van der Waals surface area contributed by atoms with Crippen LogP contribution in [0.25, 0.3) is 0 Å². The van der Waals surface area contributed by atoms with Crippen molar-refractivity contribution in [1.29, 1.82) is 0 Å². The Labute approximate surface area is 126 Å². The molecule has 0 aromatic carbocycles. The molecule has 1 fully saturated rings. The zero-order valence-corrected chi connectivity index (χ0v) is 13.8. The van der Waals surface area contributed by atoms with Crippen LogP contribution >= 0.6 is 0 Å². The van der Waals surface area contributed by atoms with Crippen molar-refractivity contribution in [3.63, 3.8) is 0 Å². The molecule has 0 aliphatic heterocycles. The summed E-state index contributed by atoms with van der Waals surface area (Å²) < 4.78 is 0. The number of rotatable bonds is 13. The van der Waals surface area contributed by atoms with E-state index in [1.54, 1.807) is 0 Å². The summed E-state index contributed by atoms with van der Waals surface area (Å²) in [5.41, 5.74) is 0. The highest BCUT2D eigenvalue weighted by Crippen LogP contribution is 2.27. The number of hydrogen-bond acceptors (Lipinski definition) is 1. The molecule has 0 heterocycles. The third kappa shape index (κ3) is 8.76. The maximum absolute atomic E-state index is 11.9. The highest BCUT2D eigenvalue weighted by Gasteiger charge is 2.21. The largest absolute Gasteiger partial charge is 0.299 e. The van der Waals surface area contributed by atoms with Gasteiger partial charge in [-0.3, -0.25) is 4.79 Å². The topological polar surface area (TPSA) is 17.1 Å². The summed E-state index contributed by atoms with van der Waals surface area (Å²) >= 11 is 0. The van der Waals surface area contributed by atoms with Gasteiger partial charge in [-0.1, -0.05) is 84.0 Å². The maximum atomic E-state index is 11.9. The molecule has 0 saturated heterocycles. The molecular weight excluding hydrogens is 244 g/mol. The molecule has 1 aliphatic rings. The van der Waals surface area contributed by atoms with Crippen molar-refractivity contribution < 1.29 is 4.79 Å². The predicted molar refractivity (Wildman–Crippen MR) is 88.0 cm³/mol. The fourth-order valence-electron chi connectivity index (χ4n) is 3.42. The van der Waals surface area contributed by atoms with Crippen molar-refractivity contribution in [1.82, 2.24) is 0 Å². The minimum absolute atomic E-state index is 0.443. The second-order valence-electron chi connectivity index (χ2n) is 6.73. The van der Waals surface area contributed by atoms with Gasteiger partial charge >= 0.3 is 0 Å². The predicted octanol–water partition coefficient (Wildman–Crippen LogP) is 6.45. The monoisotopic (exact) mass is 280 g/mol. The molecule has 0 aromatic rings. The van der Waals surface area contributed by atoms with Crippen molar-refractivity contribution in [2.75, 3.05) is 0 Å². The summed E-state index contributed by atoms with van der Waals surface area (Å²) in [7, 11) is 0. The van der Waals surface area contributed by atoms with Crippen LogP contribution in [0.1, 0.15) is 110 Å². The lowest BCUT2D eigenvalue weighted by Gasteiger charge is -2.07. The molecular formula is C19H36O. The minimum Gasteiger partial charge on any atom is -0.299 e. The van der Waals surface area contributed by atoms with Crippen LogP contribution in [-0.2, 0) is 4.79 Å². The molecule has 0 spiro atoms. The fraction of sp³-hybridized carbons (Fsp3) is 0.947.